The van der Waals surface area contributed by atoms with Gasteiger partial charge < -0.3 is 4.74 Å². The monoisotopic (exact) mass is 214 g/mol. The molecule has 2 aliphatic carbocycles. The van der Waals surface area contributed by atoms with Gasteiger partial charge in [0, 0.05) is 7.11 Å². The Balaban J connectivity index is 2.38. The number of rotatable bonds is 1. The van der Waals surface area contributed by atoms with E-state index in [-0.39, 0.29) is 5.60 Å². The second kappa shape index (κ2) is 4.26. The Labute approximate surface area is 97.5 Å². The van der Waals surface area contributed by atoms with E-state index in [1.165, 1.54) is 11.1 Å². The first kappa shape index (κ1) is 11.2. The summed E-state index contributed by atoms with van der Waals surface area (Å²) < 4.78 is 5.47. The van der Waals surface area contributed by atoms with Gasteiger partial charge in [-0.2, -0.15) is 0 Å². The number of allylic oxidation sites excluding steroid dienone is 8. The van der Waals surface area contributed by atoms with Gasteiger partial charge in [-0.3, -0.25) is 0 Å². The second-order valence-electron chi connectivity index (χ2n) is 4.54. The highest BCUT2D eigenvalue weighted by Gasteiger charge is 2.18. The van der Waals surface area contributed by atoms with Crippen LogP contribution in [-0.4, -0.2) is 12.7 Å². The van der Waals surface area contributed by atoms with E-state index in [9.17, 15) is 0 Å². The summed E-state index contributed by atoms with van der Waals surface area (Å²) >= 11 is 0. The summed E-state index contributed by atoms with van der Waals surface area (Å²) in [6, 6.07) is 0. The fourth-order valence-corrected chi connectivity index (χ4v) is 1.77. The molecular formula is C15H18O. The maximum atomic E-state index is 5.47. The van der Waals surface area contributed by atoms with Crippen molar-refractivity contribution in [2.45, 2.75) is 19.4 Å². The summed E-state index contributed by atoms with van der Waals surface area (Å²) in [5, 5.41) is 0. The van der Waals surface area contributed by atoms with Crippen LogP contribution in [0.15, 0.2) is 59.8 Å². The Morgan fingerprint density at radius 3 is 1.94 bits per heavy atom. The highest BCUT2D eigenvalue weighted by atomic mass is 16.5. The predicted molar refractivity (Wildman–Crippen MR) is 68.2 cm³/mol. The minimum Gasteiger partial charge on any atom is -0.370 e. The van der Waals surface area contributed by atoms with Crippen molar-refractivity contribution in [3.8, 4) is 0 Å². The van der Waals surface area contributed by atoms with E-state index in [4.69, 9.17) is 4.74 Å². The van der Waals surface area contributed by atoms with Crippen LogP contribution < -0.4 is 0 Å². The Kier molecular flexibility index (Phi) is 2.97. The first-order chi connectivity index (χ1) is 7.63. The molecule has 0 saturated carbocycles. The van der Waals surface area contributed by atoms with Crippen molar-refractivity contribution in [2.24, 2.45) is 5.92 Å². The van der Waals surface area contributed by atoms with Crippen molar-refractivity contribution in [3.05, 3.63) is 59.8 Å². The number of hydrogen-bond donors (Lipinski definition) is 0. The summed E-state index contributed by atoms with van der Waals surface area (Å²) in [4.78, 5) is 0. The van der Waals surface area contributed by atoms with Crippen LogP contribution in [0.2, 0.25) is 0 Å². The first-order valence-corrected chi connectivity index (χ1v) is 5.67. The third-order valence-electron chi connectivity index (χ3n) is 3.12. The third kappa shape index (κ3) is 2.25. The van der Waals surface area contributed by atoms with Gasteiger partial charge in [0.1, 0.15) is 5.60 Å². The van der Waals surface area contributed by atoms with Crippen LogP contribution in [0.4, 0.5) is 0 Å². The van der Waals surface area contributed by atoms with Gasteiger partial charge in [0.25, 0.3) is 0 Å². The van der Waals surface area contributed by atoms with Crippen LogP contribution in [-0.2, 0) is 4.74 Å². The van der Waals surface area contributed by atoms with Crippen LogP contribution >= 0.6 is 0 Å². The van der Waals surface area contributed by atoms with Crippen molar-refractivity contribution in [1.82, 2.24) is 0 Å². The number of ether oxygens (including phenoxy) is 1. The molecule has 0 atom stereocenters. The van der Waals surface area contributed by atoms with Gasteiger partial charge in [0.2, 0.25) is 0 Å². The van der Waals surface area contributed by atoms with Gasteiger partial charge >= 0.3 is 0 Å². The molecule has 0 N–H and O–H groups in total. The molecule has 0 aromatic heterocycles. The molecule has 0 heterocycles. The lowest BCUT2D eigenvalue weighted by Gasteiger charge is -2.18. The maximum Gasteiger partial charge on any atom is 0.102 e. The molecule has 16 heavy (non-hydrogen) atoms. The van der Waals surface area contributed by atoms with Gasteiger partial charge in [0.15, 0.2) is 0 Å². The van der Waals surface area contributed by atoms with Gasteiger partial charge in [-0.05, 0) is 36.1 Å². The van der Waals surface area contributed by atoms with Crippen LogP contribution in [0.25, 0.3) is 0 Å². The Hall–Kier alpha value is -1.34. The average molecular weight is 214 g/mol. The quantitative estimate of drug-likeness (QED) is 0.648. The van der Waals surface area contributed by atoms with Crippen LogP contribution in [0.1, 0.15) is 13.8 Å². The summed E-state index contributed by atoms with van der Waals surface area (Å²) in [5.74, 6) is 0.502. The smallest absolute Gasteiger partial charge is 0.102 e. The molecule has 0 amide bonds. The van der Waals surface area contributed by atoms with Gasteiger partial charge in [0.05, 0.1) is 0 Å². The zero-order chi connectivity index (χ0) is 11.6. The number of methoxy groups -OCH3 is 1. The van der Waals surface area contributed by atoms with E-state index in [1.54, 1.807) is 7.11 Å². The summed E-state index contributed by atoms with van der Waals surface area (Å²) in [5.41, 5.74) is 2.20. The van der Waals surface area contributed by atoms with Gasteiger partial charge in [-0.25, -0.2) is 0 Å². The van der Waals surface area contributed by atoms with Crippen molar-refractivity contribution in [2.75, 3.05) is 7.11 Å². The maximum absolute atomic E-state index is 5.47. The molecule has 0 bridgehead atoms. The summed E-state index contributed by atoms with van der Waals surface area (Å²) in [7, 11) is 1.74. The molecule has 1 heteroatoms. The fraction of sp³-hybridized carbons (Fsp3) is 0.333. The molecule has 0 aromatic carbocycles. The predicted octanol–water partition coefficient (Wildman–Crippen LogP) is 3.58. The SMILES string of the molecule is COC1(C)C=CC2=C(C=CC(C)C=C2)C=C1. The molecule has 0 unspecified atom stereocenters. The van der Waals surface area contributed by atoms with E-state index in [1.807, 2.05) is 0 Å². The highest BCUT2D eigenvalue weighted by molar-refractivity contribution is 5.51. The van der Waals surface area contributed by atoms with E-state index < -0.39 is 0 Å². The topological polar surface area (TPSA) is 9.23 Å². The lowest BCUT2D eigenvalue weighted by Crippen LogP contribution is -2.20. The lowest BCUT2D eigenvalue weighted by molar-refractivity contribution is 0.0908. The minimum absolute atomic E-state index is 0.292. The average Bonchev–Trinajstić information content (AvgIpc) is 2.55. The molecule has 2 rings (SSSR count). The van der Waals surface area contributed by atoms with Gasteiger partial charge in [-0.1, -0.05) is 43.4 Å². The molecule has 84 valence electrons. The van der Waals surface area contributed by atoms with E-state index in [0.29, 0.717) is 5.92 Å². The Bertz CT molecular complexity index is 385. The van der Waals surface area contributed by atoms with E-state index in [0.717, 1.165) is 0 Å². The van der Waals surface area contributed by atoms with Crippen molar-refractivity contribution >= 4 is 0 Å². The van der Waals surface area contributed by atoms with Crippen molar-refractivity contribution in [3.63, 3.8) is 0 Å². The minimum atomic E-state index is -0.292. The third-order valence-corrected chi connectivity index (χ3v) is 3.12. The zero-order valence-corrected chi connectivity index (χ0v) is 10.1. The Morgan fingerprint density at radius 1 is 1.00 bits per heavy atom. The van der Waals surface area contributed by atoms with Gasteiger partial charge in [-0.15, -0.1) is 0 Å². The summed E-state index contributed by atoms with van der Waals surface area (Å²) in [6.07, 6.45) is 17.3. The molecule has 0 spiro atoms. The number of hydrogen-bond acceptors (Lipinski definition) is 1. The standard InChI is InChI=1S/C15H18O/c1-12-4-6-13-8-10-15(2,16-3)11-9-14(13)7-5-12/h4-12H,1-3H3. The highest BCUT2D eigenvalue weighted by Crippen LogP contribution is 2.25. The second-order valence-corrected chi connectivity index (χ2v) is 4.54. The van der Waals surface area contributed by atoms with Crippen LogP contribution in [0.5, 0.6) is 0 Å². The Morgan fingerprint density at radius 2 is 1.50 bits per heavy atom. The van der Waals surface area contributed by atoms with E-state index >= 15 is 0 Å². The summed E-state index contributed by atoms with van der Waals surface area (Å²) in [6.45, 7) is 4.24. The largest absolute Gasteiger partial charge is 0.370 e. The molecule has 0 fully saturated rings. The molecule has 0 aromatic rings. The van der Waals surface area contributed by atoms with Crippen LogP contribution in [0, 0.1) is 5.92 Å². The zero-order valence-electron chi connectivity index (χ0n) is 10.1. The molecule has 1 nitrogen and oxygen atoms in total. The molecule has 2 aliphatic rings. The lowest BCUT2D eigenvalue weighted by atomic mass is 10.1. The van der Waals surface area contributed by atoms with E-state index in [2.05, 4.69) is 62.5 Å². The normalized spacial score (nSPS) is 23.2. The molecule has 0 aliphatic heterocycles. The van der Waals surface area contributed by atoms with Crippen molar-refractivity contribution < 1.29 is 4.74 Å². The molecule has 0 saturated heterocycles. The molecular weight excluding hydrogens is 196 g/mol. The molecule has 0 radical (unpaired) electrons. The van der Waals surface area contributed by atoms with Crippen molar-refractivity contribution in [1.29, 1.82) is 0 Å². The fourth-order valence-electron chi connectivity index (χ4n) is 1.77. The first-order valence-electron chi connectivity index (χ1n) is 5.67. The van der Waals surface area contributed by atoms with Crippen LogP contribution in [0.3, 0.4) is 0 Å².